The van der Waals surface area contributed by atoms with Gasteiger partial charge < -0.3 is 10.6 Å². The van der Waals surface area contributed by atoms with Crippen molar-refractivity contribution in [1.29, 1.82) is 0 Å². The van der Waals surface area contributed by atoms with Gasteiger partial charge >= 0.3 is 0 Å². The third-order valence-electron chi connectivity index (χ3n) is 2.80. The first kappa shape index (κ1) is 14.4. The minimum Gasteiger partial charge on any atom is -0.339 e. The molecule has 0 unspecified atom stereocenters. The fourth-order valence-corrected chi connectivity index (χ4v) is 3.36. The average molecular weight is 263 g/mol. The van der Waals surface area contributed by atoms with Gasteiger partial charge in [-0.2, -0.15) is 4.31 Å². The number of carbonyl (C=O) groups excluding carboxylic acids is 1. The summed E-state index contributed by atoms with van der Waals surface area (Å²) in [6.07, 6.45) is 0.612. The van der Waals surface area contributed by atoms with Crippen molar-refractivity contribution in [3.05, 3.63) is 0 Å². The zero-order valence-corrected chi connectivity index (χ0v) is 11.2. The van der Waals surface area contributed by atoms with E-state index in [9.17, 15) is 13.2 Å². The first-order valence-corrected chi connectivity index (χ1v) is 7.51. The van der Waals surface area contributed by atoms with Crippen LogP contribution in [0.1, 0.15) is 20.3 Å². The van der Waals surface area contributed by atoms with E-state index in [0.29, 0.717) is 32.6 Å². The number of rotatable bonds is 4. The van der Waals surface area contributed by atoms with Crippen LogP contribution in [0.25, 0.3) is 0 Å². The summed E-state index contributed by atoms with van der Waals surface area (Å²) in [7, 11) is -3.14. The molecular formula is C10H21N3O3S. The van der Waals surface area contributed by atoms with E-state index in [1.165, 1.54) is 4.31 Å². The second-order valence-corrected chi connectivity index (χ2v) is 6.42. The molecule has 0 aromatic rings. The number of nitrogens with zero attached hydrogens (tertiary/aromatic N) is 2. The van der Waals surface area contributed by atoms with E-state index in [0.717, 1.165) is 0 Å². The molecule has 2 N–H and O–H groups in total. The SMILES string of the molecule is CCCS(=O)(=O)N1CCN(C(=O)[C@@H](C)N)CC1. The Labute approximate surface area is 103 Å². The molecule has 1 aliphatic heterocycles. The van der Waals surface area contributed by atoms with E-state index in [4.69, 9.17) is 5.73 Å². The monoisotopic (exact) mass is 263 g/mol. The molecular weight excluding hydrogens is 242 g/mol. The molecule has 17 heavy (non-hydrogen) atoms. The maximum absolute atomic E-state index is 11.8. The lowest BCUT2D eigenvalue weighted by molar-refractivity contribution is -0.133. The van der Waals surface area contributed by atoms with Crippen molar-refractivity contribution in [2.24, 2.45) is 5.73 Å². The normalized spacial score (nSPS) is 20.3. The van der Waals surface area contributed by atoms with Gasteiger partial charge in [-0.15, -0.1) is 0 Å². The molecule has 1 rings (SSSR count). The van der Waals surface area contributed by atoms with Crippen LogP contribution in [0.15, 0.2) is 0 Å². The van der Waals surface area contributed by atoms with E-state index < -0.39 is 16.1 Å². The molecule has 1 amide bonds. The smallest absolute Gasteiger partial charge is 0.239 e. The van der Waals surface area contributed by atoms with E-state index in [1.54, 1.807) is 11.8 Å². The highest BCUT2D eigenvalue weighted by atomic mass is 32.2. The van der Waals surface area contributed by atoms with E-state index in [-0.39, 0.29) is 11.7 Å². The minimum atomic E-state index is -3.14. The molecule has 1 aliphatic rings. The van der Waals surface area contributed by atoms with Crippen LogP contribution in [0, 0.1) is 0 Å². The van der Waals surface area contributed by atoms with E-state index in [1.807, 2.05) is 6.92 Å². The molecule has 6 nitrogen and oxygen atoms in total. The Morgan fingerprint density at radius 1 is 1.29 bits per heavy atom. The van der Waals surface area contributed by atoms with Crippen LogP contribution in [0.2, 0.25) is 0 Å². The summed E-state index contributed by atoms with van der Waals surface area (Å²) >= 11 is 0. The second kappa shape index (κ2) is 5.79. The Balaban J connectivity index is 2.54. The van der Waals surface area contributed by atoms with Crippen LogP contribution < -0.4 is 5.73 Å². The number of amides is 1. The fraction of sp³-hybridized carbons (Fsp3) is 0.900. The highest BCUT2D eigenvalue weighted by Crippen LogP contribution is 2.09. The van der Waals surface area contributed by atoms with Gasteiger partial charge in [-0.1, -0.05) is 6.92 Å². The maximum atomic E-state index is 11.8. The lowest BCUT2D eigenvalue weighted by atomic mass is 10.2. The van der Waals surface area contributed by atoms with Crippen molar-refractivity contribution < 1.29 is 13.2 Å². The van der Waals surface area contributed by atoms with Crippen molar-refractivity contribution in [1.82, 2.24) is 9.21 Å². The predicted molar refractivity (Wildman–Crippen MR) is 65.9 cm³/mol. The largest absolute Gasteiger partial charge is 0.339 e. The topological polar surface area (TPSA) is 83.7 Å². The lowest BCUT2D eigenvalue weighted by Gasteiger charge is -2.34. The summed E-state index contributed by atoms with van der Waals surface area (Å²) in [5, 5.41) is 0. The molecule has 1 saturated heterocycles. The Kier molecular flexibility index (Phi) is 4.91. The summed E-state index contributed by atoms with van der Waals surface area (Å²) in [6.45, 7) is 5.10. The molecule has 1 fully saturated rings. The molecule has 0 spiro atoms. The first-order chi connectivity index (χ1) is 7.88. The van der Waals surface area contributed by atoms with Gasteiger partial charge in [0.1, 0.15) is 0 Å². The van der Waals surface area contributed by atoms with E-state index >= 15 is 0 Å². The molecule has 1 atom stereocenters. The first-order valence-electron chi connectivity index (χ1n) is 5.90. The van der Waals surface area contributed by atoms with Gasteiger partial charge in [0.2, 0.25) is 15.9 Å². The third kappa shape index (κ3) is 3.65. The number of carbonyl (C=O) groups is 1. The highest BCUT2D eigenvalue weighted by Gasteiger charge is 2.28. The van der Waals surface area contributed by atoms with Gasteiger partial charge in [0.25, 0.3) is 0 Å². The van der Waals surface area contributed by atoms with Crippen LogP contribution >= 0.6 is 0 Å². The zero-order valence-electron chi connectivity index (χ0n) is 10.4. The fourth-order valence-electron chi connectivity index (χ4n) is 1.86. The van der Waals surface area contributed by atoms with Gasteiger partial charge in [0, 0.05) is 26.2 Å². The standard InChI is InChI=1S/C10H21N3O3S/c1-3-8-17(15,16)13-6-4-12(5-7-13)10(14)9(2)11/h9H,3-8,11H2,1-2H3/t9-/m1/s1. The van der Waals surface area contributed by atoms with Crippen molar-refractivity contribution in [3.8, 4) is 0 Å². The Bertz CT molecular complexity index is 359. The minimum absolute atomic E-state index is 0.113. The predicted octanol–water partition coefficient (Wildman–Crippen LogP) is -0.782. The lowest BCUT2D eigenvalue weighted by Crippen LogP contribution is -2.54. The van der Waals surface area contributed by atoms with Gasteiger partial charge in [-0.25, -0.2) is 8.42 Å². The summed E-state index contributed by atoms with van der Waals surface area (Å²) in [6, 6.07) is -0.520. The quantitative estimate of drug-likeness (QED) is 0.721. The molecule has 0 aliphatic carbocycles. The molecule has 100 valence electrons. The van der Waals surface area contributed by atoms with Crippen LogP contribution in [-0.2, 0) is 14.8 Å². The van der Waals surface area contributed by atoms with E-state index in [2.05, 4.69) is 0 Å². The van der Waals surface area contributed by atoms with Gasteiger partial charge in [0.15, 0.2) is 0 Å². The number of hydrogen-bond acceptors (Lipinski definition) is 4. The Hall–Kier alpha value is -0.660. The number of sulfonamides is 1. The zero-order chi connectivity index (χ0) is 13.1. The maximum Gasteiger partial charge on any atom is 0.239 e. The molecule has 0 aromatic carbocycles. The molecule has 0 saturated carbocycles. The van der Waals surface area contributed by atoms with Crippen molar-refractivity contribution in [2.75, 3.05) is 31.9 Å². The van der Waals surface area contributed by atoms with Crippen LogP contribution in [0.5, 0.6) is 0 Å². The van der Waals surface area contributed by atoms with Gasteiger partial charge in [0.05, 0.1) is 11.8 Å². The molecule has 7 heteroatoms. The summed E-state index contributed by atoms with van der Waals surface area (Å²) in [5.74, 6) is 0.0615. The van der Waals surface area contributed by atoms with Crippen molar-refractivity contribution in [2.45, 2.75) is 26.3 Å². The second-order valence-electron chi connectivity index (χ2n) is 4.33. The summed E-state index contributed by atoms with van der Waals surface area (Å²) in [4.78, 5) is 13.2. The van der Waals surface area contributed by atoms with Crippen molar-refractivity contribution >= 4 is 15.9 Å². The summed E-state index contributed by atoms with van der Waals surface area (Å²) in [5.41, 5.74) is 5.51. The Morgan fingerprint density at radius 3 is 2.24 bits per heavy atom. The van der Waals surface area contributed by atoms with Crippen LogP contribution in [-0.4, -0.2) is 61.5 Å². The number of nitrogens with two attached hydrogens (primary N) is 1. The number of piperazine rings is 1. The number of hydrogen-bond donors (Lipinski definition) is 1. The summed E-state index contributed by atoms with van der Waals surface area (Å²) < 4.78 is 25.0. The van der Waals surface area contributed by atoms with Gasteiger partial charge in [-0.3, -0.25) is 4.79 Å². The van der Waals surface area contributed by atoms with Crippen LogP contribution in [0.4, 0.5) is 0 Å². The Morgan fingerprint density at radius 2 is 1.82 bits per heavy atom. The third-order valence-corrected chi connectivity index (χ3v) is 4.87. The molecule has 1 heterocycles. The van der Waals surface area contributed by atoms with Crippen molar-refractivity contribution in [3.63, 3.8) is 0 Å². The van der Waals surface area contributed by atoms with Crippen LogP contribution in [0.3, 0.4) is 0 Å². The highest BCUT2D eigenvalue weighted by molar-refractivity contribution is 7.89. The van der Waals surface area contributed by atoms with Gasteiger partial charge in [-0.05, 0) is 13.3 Å². The molecule has 0 radical (unpaired) electrons. The molecule has 0 aromatic heterocycles. The molecule has 0 bridgehead atoms. The average Bonchev–Trinajstić information content (AvgIpc) is 2.28.